The zero-order valence-electron chi connectivity index (χ0n) is 18.8. The Balaban J connectivity index is 1.61. The standard InChI is InChI=1S/C26H27FN2O4/c1-3-6-25(27)33-26(31)29-17(2)21(13-14-30)22-15-20(11-12-24(22)29)32-16-19-10-9-18-7-4-5-8-23(18)28-19/h4-5,7-12,15,25,30H,3,6,13-14,16H2,1-2H3. The second-order valence-electron chi connectivity index (χ2n) is 7.92. The van der Waals surface area contributed by atoms with Crippen molar-refractivity contribution >= 4 is 27.9 Å². The molecule has 1 N–H and O–H groups in total. The van der Waals surface area contributed by atoms with E-state index in [4.69, 9.17) is 9.47 Å². The first kappa shape index (κ1) is 22.7. The monoisotopic (exact) mass is 450 g/mol. The van der Waals surface area contributed by atoms with Gasteiger partial charge >= 0.3 is 6.09 Å². The normalized spacial score (nSPS) is 12.2. The van der Waals surface area contributed by atoms with Crippen LogP contribution in [0.5, 0.6) is 5.75 Å². The van der Waals surface area contributed by atoms with Crippen molar-refractivity contribution in [3.05, 3.63) is 71.5 Å². The summed E-state index contributed by atoms with van der Waals surface area (Å²) >= 11 is 0. The first-order chi connectivity index (χ1) is 16.0. The van der Waals surface area contributed by atoms with Crippen LogP contribution in [-0.4, -0.2) is 33.7 Å². The van der Waals surface area contributed by atoms with Gasteiger partial charge in [-0.1, -0.05) is 31.2 Å². The topological polar surface area (TPSA) is 73.6 Å². The maximum Gasteiger partial charge on any atom is 0.421 e. The molecule has 1 atom stereocenters. The van der Waals surface area contributed by atoms with E-state index >= 15 is 0 Å². The first-order valence-corrected chi connectivity index (χ1v) is 11.1. The zero-order valence-corrected chi connectivity index (χ0v) is 18.8. The van der Waals surface area contributed by atoms with E-state index in [0.717, 1.165) is 27.5 Å². The molecule has 4 aromatic rings. The lowest BCUT2D eigenvalue weighted by Crippen LogP contribution is -2.20. The van der Waals surface area contributed by atoms with E-state index in [2.05, 4.69) is 4.98 Å². The molecule has 2 aromatic heterocycles. The highest BCUT2D eigenvalue weighted by Gasteiger charge is 2.22. The number of ether oxygens (including phenoxy) is 2. The maximum absolute atomic E-state index is 13.9. The number of aliphatic hydroxyl groups is 1. The summed E-state index contributed by atoms with van der Waals surface area (Å²) in [6.45, 7) is 3.79. The van der Waals surface area contributed by atoms with Gasteiger partial charge in [0, 0.05) is 29.5 Å². The molecule has 0 aliphatic heterocycles. The van der Waals surface area contributed by atoms with Crippen molar-refractivity contribution in [2.45, 2.75) is 46.1 Å². The van der Waals surface area contributed by atoms with E-state index in [1.807, 2.05) is 49.4 Å². The number of para-hydroxylation sites is 1. The molecule has 0 saturated carbocycles. The van der Waals surface area contributed by atoms with Crippen molar-refractivity contribution in [3.8, 4) is 5.75 Å². The Morgan fingerprint density at radius 2 is 2.00 bits per heavy atom. The largest absolute Gasteiger partial charge is 0.487 e. The molecular formula is C26H27FN2O4. The second kappa shape index (κ2) is 10.0. The molecule has 0 saturated heterocycles. The number of alkyl halides is 1. The van der Waals surface area contributed by atoms with Crippen molar-refractivity contribution in [2.75, 3.05) is 6.61 Å². The number of carbonyl (C=O) groups is 1. The molecule has 7 heteroatoms. The number of carbonyl (C=O) groups excluding carboxylic acids is 1. The summed E-state index contributed by atoms with van der Waals surface area (Å²) in [6, 6.07) is 17.2. The molecule has 0 spiro atoms. The van der Waals surface area contributed by atoms with Crippen molar-refractivity contribution in [2.24, 2.45) is 0 Å². The van der Waals surface area contributed by atoms with E-state index in [9.17, 15) is 14.3 Å². The quantitative estimate of drug-likeness (QED) is 0.373. The third-order valence-corrected chi connectivity index (χ3v) is 5.64. The van der Waals surface area contributed by atoms with Crippen LogP contribution in [0.15, 0.2) is 54.6 Å². The SMILES string of the molecule is CCCC(F)OC(=O)n1c(C)c(CCO)c2cc(OCc3ccc4ccccc4n3)ccc21. The van der Waals surface area contributed by atoms with Gasteiger partial charge in [0.25, 0.3) is 0 Å². The number of halogens is 1. The number of aromatic nitrogens is 2. The Kier molecular flexibility index (Phi) is 6.89. The number of hydrogen-bond acceptors (Lipinski definition) is 5. The molecule has 0 amide bonds. The Labute approximate surface area is 191 Å². The summed E-state index contributed by atoms with van der Waals surface area (Å²) in [5.74, 6) is 0.608. The van der Waals surface area contributed by atoms with Gasteiger partial charge in [0.2, 0.25) is 6.36 Å². The van der Waals surface area contributed by atoms with Gasteiger partial charge in [0.1, 0.15) is 12.4 Å². The maximum atomic E-state index is 13.9. The van der Waals surface area contributed by atoms with E-state index in [1.165, 1.54) is 4.57 Å². The number of fused-ring (bicyclic) bond motifs is 2. The Hall–Kier alpha value is -3.45. The Morgan fingerprint density at radius 3 is 2.79 bits per heavy atom. The Bertz CT molecular complexity index is 1280. The van der Waals surface area contributed by atoms with Gasteiger partial charge in [-0.25, -0.2) is 18.7 Å². The van der Waals surface area contributed by atoms with E-state index < -0.39 is 12.5 Å². The van der Waals surface area contributed by atoms with Crippen LogP contribution in [0.3, 0.4) is 0 Å². The lowest BCUT2D eigenvalue weighted by Gasteiger charge is -2.12. The summed E-state index contributed by atoms with van der Waals surface area (Å²) < 4.78 is 26.2. The molecular weight excluding hydrogens is 423 g/mol. The van der Waals surface area contributed by atoms with Gasteiger partial charge in [-0.2, -0.15) is 0 Å². The van der Waals surface area contributed by atoms with Gasteiger partial charge in [0.05, 0.1) is 16.7 Å². The van der Waals surface area contributed by atoms with Crippen LogP contribution in [0.25, 0.3) is 21.8 Å². The molecule has 0 aliphatic rings. The predicted octanol–water partition coefficient (Wildman–Crippen LogP) is 5.69. The van der Waals surface area contributed by atoms with Crippen molar-refractivity contribution in [1.29, 1.82) is 0 Å². The highest BCUT2D eigenvalue weighted by molar-refractivity contribution is 5.94. The van der Waals surface area contributed by atoms with Crippen LogP contribution in [-0.2, 0) is 17.8 Å². The van der Waals surface area contributed by atoms with Crippen LogP contribution >= 0.6 is 0 Å². The van der Waals surface area contributed by atoms with Crippen LogP contribution in [0.4, 0.5) is 9.18 Å². The van der Waals surface area contributed by atoms with Crippen LogP contribution in [0, 0.1) is 6.92 Å². The Morgan fingerprint density at radius 1 is 1.18 bits per heavy atom. The van der Waals surface area contributed by atoms with Gasteiger partial charge in [-0.15, -0.1) is 0 Å². The summed E-state index contributed by atoms with van der Waals surface area (Å²) in [6.07, 6.45) is -1.35. The minimum Gasteiger partial charge on any atom is -0.487 e. The summed E-state index contributed by atoms with van der Waals surface area (Å²) in [5.41, 5.74) is 3.69. The predicted molar refractivity (Wildman–Crippen MR) is 125 cm³/mol. The lowest BCUT2D eigenvalue weighted by atomic mass is 10.1. The molecule has 0 bridgehead atoms. The third-order valence-electron chi connectivity index (χ3n) is 5.64. The third kappa shape index (κ3) is 4.83. The van der Waals surface area contributed by atoms with Crippen molar-refractivity contribution in [1.82, 2.24) is 9.55 Å². The van der Waals surface area contributed by atoms with Gasteiger partial charge < -0.3 is 14.6 Å². The minimum atomic E-state index is -1.65. The van der Waals surface area contributed by atoms with Gasteiger partial charge in [-0.3, -0.25) is 0 Å². The molecule has 172 valence electrons. The molecule has 4 rings (SSSR count). The average molecular weight is 451 g/mol. The highest BCUT2D eigenvalue weighted by atomic mass is 19.1. The van der Waals surface area contributed by atoms with E-state index in [1.54, 1.807) is 19.1 Å². The minimum absolute atomic E-state index is 0.0807. The summed E-state index contributed by atoms with van der Waals surface area (Å²) in [5, 5.41) is 11.4. The molecule has 33 heavy (non-hydrogen) atoms. The summed E-state index contributed by atoms with van der Waals surface area (Å²) in [4.78, 5) is 17.3. The van der Waals surface area contributed by atoms with E-state index in [-0.39, 0.29) is 19.6 Å². The molecule has 0 radical (unpaired) electrons. The fourth-order valence-electron chi connectivity index (χ4n) is 4.01. The molecule has 2 aromatic carbocycles. The number of aliphatic hydroxyl groups excluding tert-OH is 1. The number of pyridine rings is 1. The van der Waals surface area contributed by atoms with Crippen molar-refractivity contribution < 1.29 is 23.8 Å². The van der Waals surface area contributed by atoms with Crippen LogP contribution < -0.4 is 4.74 Å². The smallest absolute Gasteiger partial charge is 0.421 e. The second-order valence-corrected chi connectivity index (χ2v) is 7.92. The lowest BCUT2D eigenvalue weighted by molar-refractivity contribution is 0.00919. The molecule has 6 nitrogen and oxygen atoms in total. The number of benzene rings is 2. The van der Waals surface area contributed by atoms with E-state index in [0.29, 0.717) is 29.8 Å². The van der Waals surface area contributed by atoms with Gasteiger partial charge in [-0.05, 0) is 55.7 Å². The fourth-order valence-corrected chi connectivity index (χ4v) is 4.01. The fraction of sp³-hybridized carbons (Fsp3) is 0.308. The van der Waals surface area contributed by atoms with Crippen LogP contribution in [0.1, 0.15) is 36.7 Å². The summed E-state index contributed by atoms with van der Waals surface area (Å²) in [7, 11) is 0. The van der Waals surface area contributed by atoms with Gasteiger partial charge in [0.15, 0.2) is 0 Å². The number of hydrogen-bond donors (Lipinski definition) is 1. The molecule has 1 unspecified atom stereocenters. The van der Waals surface area contributed by atoms with Crippen LogP contribution in [0.2, 0.25) is 0 Å². The average Bonchev–Trinajstić information content (AvgIpc) is 3.08. The molecule has 0 aliphatic carbocycles. The van der Waals surface area contributed by atoms with Crippen molar-refractivity contribution in [3.63, 3.8) is 0 Å². The molecule has 2 heterocycles. The molecule has 0 fully saturated rings. The zero-order chi connectivity index (χ0) is 23.4. The highest BCUT2D eigenvalue weighted by Crippen LogP contribution is 2.31. The number of nitrogens with zero attached hydrogens (tertiary/aromatic N) is 2. The number of rotatable bonds is 8. The first-order valence-electron chi connectivity index (χ1n) is 11.1.